The molecule has 3 aromatic rings. The average Bonchev–Trinajstić information content (AvgIpc) is 2.71. The van der Waals surface area contributed by atoms with Crippen molar-refractivity contribution in [2.24, 2.45) is 0 Å². The molecule has 0 heterocycles. The highest BCUT2D eigenvalue weighted by Gasteiger charge is 2.25. The molecule has 0 aromatic heterocycles. The van der Waals surface area contributed by atoms with Gasteiger partial charge in [0.15, 0.2) is 0 Å². The number of aryl methyl sites for hydroxylation is 2. The van der Waals surface area contributed by atoms with Crippen LogP contribution in [0, 0.1) is 19.7 Å². The maximum absolute atomic E-state index is 13.1. The summed E-state index contributed by atoms with van der Waals surface area (Å²) < 4.78 is 18.6. The minimum Gasteiger partial charge on any atom is -0.447 e. The monoisotopic (exact) mass is 391 g/mol. The highest BCUT2D eigenvalue weighted by atomic mass is 19.1. The van der Waals surface area contributed by atoms with Crippen LogP contribution in [0.15, 0.2) is 72.8 Å². The van der Waals surface area contributed by atoms with Crippen LogP contribution >= 0.6 is 0 Å². The third-order valence-electron chi connectivity index (χ3n) is 4.50. The van der Waals surface area contributed by atoms with E-state index in [1.165, 1.54) is 24.3 Å². The van der Waals surface area contributed by atoms with Crippen molar-refractivity contribution in [1.82, 2.24) is 0 Å². The number of carbonyl (C=O) groups is 2. The maximum atomic E-state index is 13.1. The van der Waals surface area contributed by atoms with Gasteiger partial charge in [-0.05, 0) is 48.7 Å². The van der Waals surface area contributed by atoms with Gasteiger partial charge in [0, 0.05) is 11.3 Å². The molecule has 1 N–H and O–H groups in total. The molecule has 0 saturated heterocycles. The van der Waals surface area contributed by atoms with Crippen molar-refractivity contribution < 1.29 is 18.7 Å². The van der Waals surface area contributed by atoms with Gasteiger partial charge in [0.05, 0.1) is 6.42 Å². The van der Waals surface area contributed by atoms with Crippen molar-refractivity contribution in [2.75, 3.05) is 5.32 Å². The third kappa shape index (κ3) is 5.51. The van der Waals surface area contributed by atoms with E-state index >= 15 is 0 Å². The summed E-state index contributed by atoms with van der Waals surface area (Å²) in [4.78, 5) is 25.4. The second-order valence-electron chi connectivity index (χ2n) is 6.89. The zero-order valence-electron chi connectivity index (χ0n) is 16.3. The summed E-state index contributed by atoms with van der Waals surface area (Å²) in [5.74, 6) is -1.38. The highest BCUT2D eigenvalue weighted by molar-refractivity contribution is 5.96. The van der Waals surface area contributed by atoms with Gasteiger partial charge < -0.3 is 10.1 Å². The molecule has 0 spiro atoms. The first-order valence-electron chi connectivity index (χ1n) is 9.29. The van der Waals surface area contributed by atoms with Gasteiger partial charge in [-0.15, -0.1) is 0 Å². The summed E-state index contributed by atoms with van der Waals surface area (Å²) in [5, 5.41) is 2.86. The van der Waals surface area contributed by atoms with Gasteiger partial charge in [-0.25, -0.2) is 4.39 Å². The van der Waals surface area contributed by atoms with Crippen molar-refractivity contribution >= 4 is 17.6 Å². The standard InChI is InChI=1S/C24H22FNO3/c1-16-8-9-17(2)21(14-16)26-24(28)23(19-6-4-3-5-7-19)29-22(27)15-18-10-12-20(25)13-11-18/h3-14,23H,15H2,1-2H3,(H,26,28)/t23-/m1/s1. The zero-order valence-corrected chi connectivity index (χ0v) is 16.3. The molecule has 0 unspecified atom stereocenters. The van der Waals surface area contributed by atoms with E-state index in [4.69, 9.17) is 4.74 Å². The highest BCUT2D eigenvalue weighted by Crippen LogP contribution is 2.23. The first-order chi connectivity index (χ1) is 13.9. The van der Waals surface area contributed by atoms with Crippen LogP contribution in [0.25, 0.3) is 0 Å². The molecule has 3 rings (SSSR count). The number of nitrogens with one attached hydrogen (secondary N) is 1. The van der Waals surface area contributed by atoms with Crippen molar-refractivity contribution in [1.29, 1.82) is 0 Å². The number of rotatable bonds is 6. The Morgan fingerprint density at radius 2 is 1.66 bits per heavy atom. The van der Waals surface area contributed by atoms with E-state index in [0.717, 1.165) is 11.1 Å². The van der Waals surface area contributed by atoms with E-state index in [1.807, 2.05) is 38.1 Å². The molecular formula is C24H22FNO3. The molecule has 0 bridgehead atoms. The Labute approximate surface area is 169 Å². The maximum Gasteiger partial charge on any atom is 0.311 e. The summed E-state index contributed by atoms with van der Waals surface area (Å²) in [7, 11) is 0. The number of carbonyl (C=O) groups excluding carboxylic acids is 2. The van der Waals surface area contributed by atoms with Crippen LogP contribution in [-0.4, -0.2) is 11.9 Å². The van der Waals surface area contributed by atoms with Crippen LogP contribution in [0.5, 0.6) is 0 Å². The van der Waals surface area contributed by atoms with E-state index in [-0.39, 0.29) is 12.2 Å². The van der Waals surface area contributed by atoms with Gasteiger partial charge in [-0.1, -0.05) is 54.6 Å². The van der Waals surface area contributed by atoms with Crippen LogP contribution in [0.1, 0.15) is 28.4 Å². The van der Waals surface area contributed by atoms with Gasteiger partial charge in [0.2, 0.25) is 6.10 Å². The molecule has 0 aliphatic rings. The molecule has 0 aliphatic carbocycles. The third-order valence-corrected chi connectivity index (χ3v) is 4.50. The molecule has 29 heavy (non-hydrogen) atoms. The molecule has 1 amide bonds. The van der Waals surface area contributed by atoms with Crippen molar-refractivity contribution in [3.63, 3.8) is 0 Å². The Morgan fingerprint density at radius 1 is 0.966 bits per heavy atom. The summed E-state index contributed by atoms with van der Waals surface area (Å²) in [5.41, 5.74) is 3.77. The Morgan fingerprint density at radius 3 is 2.34 bits per heavy atom. The normalized spacial score (nSPS) is 11.6. The topological polar surface area (TPSA) is 55.4 Å². The van der Waals surface area contributed by atoms with E-state index in [1.54, 1.807) is 24.3 Å². The number of hydrogen-bond donors (Lipinski definition) is 1. The van der Waals surface area contributed by atoms with Crippen molar-refractivity contribution in [3.05, 3.63) is 101 Å². The van der Waals surface area contributed by atoms with Crippen LogP contribution in [0.2, 0.25) is 0 Å². The summed E-state index contributed by atoms with van der Waals surface area (Å²) >= 11 is 0. The fourth-order valence-corrected chi connectivity index (χ4v) is 2.91. The lowest BCUT2D eigenvalue weighted by Crippen LogP contribution is -2.26. The fourth-order valence-electron chi connectivity index (χ4n) is 2.91. The number of anilines is 1. The fraction of sp³-hybridized carbons (Fsp3) is 0.167. The molecule has 3 aromatic carbocycles. The van der Waals surface area contributed by atoms with E-state index < -0.39 is 18.0 Å². The van der Waals surface area contributed by atoms with Crippen LogP contribution in [-0.2, 0) is 20.7 Å². The molecule has 0 saturated carbocycles. The molecular weight excluding hydrogens is 369 g/mol. The van der Waals surface area contributed by atoms with Crippen LogP contribution in [0.4, 0.5) is 10.1 Å². The summed E-state index contributed by atoms with van der Waals surface area (Å²) in [6.07, 6.45) is -1.15. The first-order valence-corrected chi connectivity index (χ1v) is 9.29. The second kappa shape index (κ2) is 9.15. The van der Waals surface area contributed by atoms with Crippen molar-refractivity contribution in [3.8, 4) is 0 Å². The number of hydrogen-bond acceptors (Lipinski definition) is 3. The Balaban J connectivity index is 1.79. The lowest BCUT2D eigenvalue weighted by molar-refractivity contribution is -0.154. The SMILES string of the molecule is Cc1ccc(C)c(NC(=O)[C@H](OC(=O)Cc2ccc(F)cc2)c2ccccc2)c1. The quantitative estimate of drug-likeness (QED) is 0.608. The van der Waals surface area contributed by atoms with Crippen LogP contribution < -0.4 is 5.32 Å². The molecule has 1 atom stereocenters. The number of benzene rings is 3. The molecule has 4 nitrogen and oxygen atoms in total. The summed E-state index contributed by atoms with van der Waals surface area (Å²) in [6, 6.07) is 20.2. The Hall–Kier alpha value is -3.47. The number of amides is 1. The second-order valence-corrected chi connectivity index (χ2v) is 6.89. The summed E-state index contributed by atoms with van der Waals surface area (Å²) in [6.45, 7) is 3.83. The number of esters is 1. The lowest BCUT2D eigenvalue weighted by Gasteiger charge is -2.19. The Bertz CT molecular complexity index is 1000. The van der Waals surface area contributed by atoms with Gasteiger partial charge in [-0.3, -0.25) is 9.59 Å². The van der Waals surface area contributed by atoms with Gasteiger partial charge in [-0.2, -0.15) is 0 Å². The van der Waals surface area contributed by atoms with E-state index in [9.17, 15) is 14.0 Å². The smallest absolute Gasteiger partial charge is 0.311 e. The van der Waals surface area contributed by atoms with Gasteiger partial charge in [0.25, 0.3) is 5.91 Å². The molecule has 148 valence electrons. The average molecular weight is 391 g/mol. The first kappa shape index (κ1) is 20.3. The zero-order chi connectivity index (χ0) is 20.8. The largest absolute Gasteiger partial charge is 0.447 e. The minimum absolute atomic E-state index is 0.0552. The van der Waals surface area contributed by atoms with Crippen LogP contribution in [0.3, 0.4) is 0 Å². The minimum atomic E-state index is -1.09. The number of ether oxygens (including phenoxy) is 1. The molecule has 0 fully saturated rings. The molecule has 0 radical (unpaired) electrons. The molecule has 0 aliphatic heterocycles. The van der Waals surface area contributed by atoms with Gasteiger partial charge in [0.1, 0.15) is 5.82 Å². The van der Waals surface area contributed by atoms with Gasteiger partial charge >= 0.3 is 5.97 Å². The van der Waals surface area contributed by atoms with E-state index in [0.29, 0.717) is 16.8 Å². The Kier molecular flexibility index (Phi) is 6.39. The predicted octanol–water partition coefficient (Wildman–Crippen LogP) is 4.91. The number of halogens is 1. The van der Waals surface area contributed by atoms with E-state index in [2.05, 4.69) is 5.32 Å². The predicted molar refractivity (Wildman–Crippen MR) is 110 cm³/mol. The molecule has 5 heteroatoms. The van der Waals surface area contributed by atoms with Crippen molar-refractivity contribution in [2.45, 2.75) is 26.4 Å². The lowest BCUT2D eigenvalue weighted by atomic mass is 10.1.